The zero-order chi connectivity index (χ0) is 13.5. The van der Waals surface area contributed by atoms with E-state index in [1.54, 1.807) is 7.11 Å². The Bertz CT molecular complexity index is 560. The number of benzene rings is 2. The molecule has 0 aliphatic heterocycles. The summed E-state index contributed by atoms with van der Waals surface area (Å²) in [4.78, 5) is 0. The summed E-state index contributed by atoms with van der Waals surface area (Å²) in [5.74, 6) is 0.763. The van der Waals surface area contributed by atoms with E-state index in [1.165, 1.54) is 0 Å². The molecule has 0 aliphatic rings. The molecule has 0 aromatic heterocycles. The van der Waals surface area contributed by atoms with Crippen LogP contribution in [0.4, 0.5) is 0 Å². The Balaban J connectivity index is 2.06. The zero-order valence-corrected chi connectivity index (χ0v) is 10.8. The summed E-state index contributed by atoms with van der Waals surface area (Å²) >= 11 is 0. The largest absolute Gasteiger partial charge is 0.497 e. The molecule has 0 aliphatic carbocycles. The SMILES string of the molecule is COc1cccc([C@H](C#N)NCc2ccccc2)c1. The summed E-state index contributed by atoms with van der Waals surface area (Å²) in [6.45, 7) is 0.663. The van der Waals surface area contributed by atoms with Gasteiger partial charge in [0.25, 0.3) is 0 Å². The molecule has 0 bridgehead atoms. The van der Waals surface area contributed by atoms with Gasteiger partial charge in [-0.05, 0) is 23.3 Å². The van der Waals surface area contributed by atoms with Crippen molar-refractivity contribution >= 4 is 0 Å². The summed E-state index contributed by atoms with van der Waals surface area (Å²) in [5.41, 5.74) is 2.07. The van der Waals surface area contributed by atoms with Crippen molar-refractivity contribution in [3.8, 4) is 11.8 Å². The van der Waals surface area contributed by atoms with Crippen molar-refractivity contribution < 1.29 is 4.74 Å². The van der Waals surface area contributed by atoms with Gasteiger partial charge in [0.2, 0.25) is 0 Å². The summed E-state index contributed by atoms with van der Waals surface area (Å²) < 4.78 is 5.18. The van der Waals surface area contributed by atoms with Crippen LogP contribution < -0.4 is 10.1 Å². The van der Waals surface area contributed by atoms with Gasteiger partial charge >= 0.3 is 0 Å². The van der Waals surface area contributed by atoms with Gasteiger partial charge < -0.3 is 4.74 Å². The second kappa shape index (κ2) is 6.58. The molecule has 0 unspecified atom stereocenters. The lowest BCUT2D eigenvalue weighted by Gasteiger charge is -2.13. The van der Waals surface area contributed by atoms with Crippen molar-refractivity contribution in [2.24, 2.45) is 0 Å². The van der Waals surface area contributed by atoms with Crippen LogP contribution in [0.25, 0.3) is 0 Å². The van der Waals surface area contributed by atoms with Crippen LogP contribution in [-0.2, 0) is 6.54 Å². The number of hydrogen-bond donors (Lipinski definition) is 1. The molecular formula is C16H16N2O. The first-order chi connectivity index (χ1) is 9.33. The van der Waals surface area contributed by atoms with Crippen LogP contribution in [0.2, 0.25) is 0 Å². The summed E-state index contributed by atoms with van der Waals surface area (Å²) in [7, 11) is 1.62. The number of rotatable bonds is 5. The minimum atomic E-state index is -0.338. The molecule has 3 nitrogen and oxygen atoms in total. The molecule has 0 spiro atoms. The van der Waals surface area contributed by atoms with Gasteiger partial charge in [-0.3, -0.25) is 5.32 Å². The van der Waals surface area contributed by atoms with Crippen molar-refractivity contribution in [1.82, 2.24) is 5.32 Å². The Morgan fingerprint density at radius 2 is 1.95 bits per heavy atom. The van der Waals surface area contributed by atoms with E-state index in [9.17, 15) is 5.26 Å². The normalized spacial score (nSPS) is 11.6. The van der Waals surface area contributed by atoms with Crippen LogP contribution in [0, 0.1) is 11.3 Å². The van der Waals surface area contributed by atoms with E-state index in [4.69, 9.17) is 4.74 Å². The number of hydrogen-bond acceptors (Lipinski definition) is 3. The molecule has 1 atom stereocenters. The van der Waals surface area contributed by atoms with Crippen LogP contribution in [0.1, 0.15) is 17.2 Å². The second-order valence-corrected chi connectivity index (χ2v) is 4.21. The Morgan fingerprint density at radius 1 is 1.16 bits per heavy atom. The molecule has 0 radical (unpaired) electrons. The van der Waals surface area contributed by atoms with E-state index in [2.05, 4.69) is 11.4 Å². The summed E-state index contributed by atoms with van der Waals surface area (Å²) in [6, 6.07) is 19.5. The van der Waals surface area contributed by atoms with Crippen molar-refractivity contribution in [2.45, 2.75) is 12.6 Å². The van der Waals surface area contributed by atoms with Crippen LogP contribution in [0.5, 0.6) is 5.75 Å². The van der Waals surface area contributed by atoms with Crippen molar-refractivity contribution in [3.05, 3.63) is 65.7 Å². The summed E-state index contributed by atoms with van der Waals surface area (Å²) in [6.07, 6.45) is 0. The first kappa shape index (κ1) is 13.1. The van der Waals surface area contributed by atoms with Crippen LogP contribution in [0.15, 0.2) is 54.6 Å². The van der Waals surface area contributed by atoms with E-state index in [1.807, 2.05) is 54.6 Å². The van der Waals surface area contributed by atoms with Crippen LogP contribution in [0.3, 0.4) is 0 Å². The number of methoxy groups -OCH3 is 1. The van der Waals surface area contributed by atoms with Gasteiger partial charge in [-0.2, -0.15) is 5.26 Å². The number of nitrogens with zero attached hydrogens (tertiary/aromatic N) is 1. The van der Waals surface area contributed by atoms with Gasteiger partial charge in [0, 0.05) is 6.54 Å². The molecule has 0 saturated heterocycles. The predicted octanol–water partition coefficient (Wildman–Crippen LogP) is 3.05. The van der Waals surface area contributed by atoms with E-state index in [0.29, 0.717) is 6.54 Å². The molecule has 0 heterocycles. The van der Waals surface area contributed by atoms with Gasteiger partial charge in [-0.1, -0.05) is 42.5 Å². The second-order valence-electron chi connectivity index (χ2n) is 4.21. The fraction of sp³-hybridized carbons (Fsp3) is 0.188. The third kappa shape index (κ3) is 3.57. The molecular weight excluding hydrogens is 236 g/mol. The first-order valence-corrected chi connectivity index (χ1v) is 6.14. The molecule has 0 amide bonds. The van der Waals surface area contributed by atoms with Gasteiger partial charge in [0.15, 0.2) is 0 Å². The van der Waals surface area contributed by atoms with Gasteiger partial charge in [0.05, 0.1) is 13.2 Å². The van der Waals surface area contributed by atoms with Gasteiger partial charge in [0.1, 0.15) is 11.8 Å². The average molecular weight is 252 g/mol. The molecule has 2 aromatic carbocycles. The van der Waals surface area contributed by atoms with E-state index in [-0.39, 0.29) is 6.04 Å². The monoisotopic (exact) mass is 252 g/mol. The molecule has 2 rings (SSSR count). The maximum atomic E-state index is 9.27. The molecule has 96 valence electrons. The molecule has 0 fully saturated rings. The smallest absolute Gasteiger partial charge is 0.121 e. The third-order valence-corrected chi connectivity index (χ3v) is 2.91. The fourth-order valence-electron chi connectivity index (χ4n) is 1.87. The maximum absolute atomic E-state index is 9.27. The highest BCUT2D eigenvalue weighted by atomic mass is 16.5. The minimum Gasteiger partial charge on any atom is -0.497 e. The molecule has 3 heteroatoms. The van der Waals surface area contributed by atoms with Crippen LogP contribution >= 0.6 is 0 Å². The predicted molar refractivity (Wildman–Crippen MR) is 74.6 cm³/mol. The van der Waals surface area contributed by atoms with E-state index < -0.39 is 0 Å². The highest BCUT2D eigenvalue weighted by molar-refractivity contribution is 5.33. The number of ether oxygens (including phenoxy) is 1. The standard InChI is InChI=1S/C16H16N2O/c1-19-15-9-5-8-14(10-15)16(11-17)18-12-13-6-3-2-4-7-13/h2-10,16,18H,12H2,1H3/t16-/m0/s1. The Labute approximate surface area is 113 Å². The highest BCUT2D eigenvalue weighted by Gasteiger charge is 2.10. The lowest BCUT2D eigenvalue weighted by molar-refractivity contribution is 0.413. The Morgan fingerprint density at radius 3 is 2.63 bits per heavy atom. The molecule has 2 aromatic rings. The average Bonchev–Trinajstić information content (AvgIpc) is 2.49. The number of nitrogens with one attached hydrogen (secondary N) is 1. The van der Waals surface area contributed by atoms with E-state index >= 15 is 0 Å². The van der Waals surface area contributed by atoms with Gasteiger partial charge in [-0.15, -0.1) is 0 Å². The van der Waals surface area contributed by atoms with Crippen molar-refractivity contribution in [3.63, 3.8) is 0 Å². The zero-order valence-electron chi connectivity index (χ0n) is 10.8. The molecule has 1 N–H and O–H groups in total. The fourth-order valence-corrected chi connectivity index (χ4v) is 1.87. The molecule has 0 saturated carbocycles. The summed E-state index contributed by atoms with van der Waals surface area (Å²) in [5, 5.41) is 12.5. The maximum Gasteiger partial charge on any atom is 0.121 e. The minimum absolute atomic E-state index is 0.338. The highest BCUT2D eigenvalue weighted by Crippen LogP contribution is 2.19. The quantitative estimate of drug-likeness (QED) is 0.889. The van der Waals surface area contributed by atoms with Crippen molar-refractivity contribution in [1.29, 1.82) is 5.26 Å². The third-order valence-electron chi connectivity index (χ3n) is 2.91. The lowest BCUT2D eigenvalue weighted by atomic mass is 10.1. The Hall–Kier alpha value is -2.31. The molecule has 19 heavy (non-hydrogen) atoms. The van der Waals surface area contributed by atoms with Crippen molar-refractivity contribution in [2.75, 3.05) is 7.11 Å². The topological polar surface area (TPSA) is 45.0 Å². The van der Waals surface area contributed by atoms with Crippen LogP contribution in [-0.4, -0.2) is 7.11 Å². The number of nitriles is 1. The lowest BCUT2D eigenvalue weighted by Crippen LogP contribution is -2.19. The first-order valence-electron chi connectivity index (χ1n) is 6.14. The van der Waals surface area contributed by atoms with Gasteiger partial charge in [-0.25, -0.2) is 0 Å². The van der Waals surface area contributed by atoms with E-state index in [0.717, 1.165) is 16.9 Å². The Kier molecular flexibility index (Phi) is 4.54.